The van der Waals surface area contributed by atoms with Gasteiger partial charge in [-0.3, -0.25) is 14.9 Å². The molecule has 0 aromatic heterocycles. The lowest BCUT2D eigenvalue weighted by Gasteiger charge is -2.28. The second-order valence-electron chi connectivity index (χ2n) is 6.64. The largest absolute Gasteiger partial charge is 0.452 e. The third-order valence-corrected chi connectivity index (χ3v) is 4.90. The molecule has 1 amide bonds. The van der Waals surface area contributed by atoms with Crippen molar-refractivity contribution in [1.29, 1.82) is 0 Å². The predicted octanol–water partition coefficient (Wildman–Crippen LogP) is 4.03. The standard InChI is InChI=1S/C20H20ClN3O5/c21-17-9-4-14(12-18(17)24(27)28)20(26)29-13-19(25)22-15-5-7-16(8-6-15)23-10-2-1-3-11-23/h4-9,12H,1-3,10-11,13H2,(H,22,25). The lowest BCUT2D eigenvalue weighted by atomic mass is 10.1. The number of nitrogens with zero attached hydrogens (tertiary/aromatic N) is 2. The number of ether oxygens (including phenoxy) is 1. The molecule has 9 heteroatoms. The number of nitro benzene ring substituents is 1. The SMILES string of the molecule is O=C(COC(=O)c1ccc(Cl)c([N+](=O)[O-])c1)Nc1ccc(N2CCCCC2)cc1. The Labute approximate surface area is 172 Å². The van der Waals surface area contributed by atoms with E-state index in [1.165, 1.54) is 31.4 Å². The minimum Gasteiger partial charge on any atom is -0.452 e. The molecule has 1 fully saturated rings. The van der Waals surface area contributed by atoms with E-state index in [4.69, 9.17) is 16.3 Å². The van der Waals surface area contributed by atoms with Crippen molar-refractivity contribution in [1.82, 2.24) is 0 Å². The van der Waals surface area contributed by atoms with Crippen LogP contribution in [0.4, 0.5) is 17.1 Å². The van der Waals surface area contributed by atoms with E-state index in [1.807, 2.05) is 12.1 Å². The molecule has 29 heavy (non-hydrogen) atoms. The maximum atomic E-state index is 12.0. The molecular weight excluding hydrogens is 398 g/mol. The van der Waals surface area contributed by atoms with E-state index >= 15 is 0 Å². The zero-order valence-corrected chi connectivity index (χ0v) is 16.4. The highest BCUT2D eigenvalue weighted by Gasteiger charge is 2.18. The predicted molar refractivity (Wildman–Crippen MR) is 110 cm³/mol. The van der Waals surface area contributed by atoms with Gasteiger partial charge in [-0.15, -0.1) is 0 Å². The molecule has 152 valence electrons. The van der Waals surface area contributed by atoms with Gasteiger partial charge < -0.3 is 15.0 Å². The molecule has 0 saturated carbocycles. The summed E-state index contributed by atoms with van der Waals surface area (Å²) in [6, 6.07) is 11.0. The molecule has 2 aromatic carbocycles. The topological polar surface area (TPSA) is 102 Å². The Hall–Kier alpha value is -3.13. The van der Waals surface area contributed by atoms with Gasteiger partial charge in [-0.1, -0.05) is 11.6 Å². The van der Waals surface area contributed by atoms with E-state index in [1.54, 1.807) is 12.1 Å². The van der Waals surface area contributed by atoms with Crippen LogP contribution in [0.3, 0.4) is 0 Å². The number of amides is 1. The number of piperidine rings is 1. The van der Waals surface area contributed by atoms with Crippen molar-refractivity contribution in [3.05, 3.63) is 63.2 Å². The van der Waals surface area contributed by atoms with E-state index in [-0.39, 0.29) is 10.6 Å². The van der Waals surface area contributed by atoms with Gasteiger partial charge in [0.05, 0.1) is 10.5 Å². The van der Waals surface area contributed by atoms with Gasteiger partial charge in [0, 0.05) is 30.5 Å². The number of nitro groups is 1. The number of esters is 1. The number of hydrogen-bond donors (Lipinski definition) is 1. The van der Waals surface area contributed by atoms with Crippen molar-refractivity contribution in [3.63, 3.8) is 0 Å². The van der Waals surface area contributed by atoms with Crippen LogP contribution in [0.5, 0.6) is 0 Å². The summed E-state index contributed by atoms with van der Waals surface area (Å²) in [6.07, 6.45) is 3.62. The maximum absolute atomic E-state index is 12.0. The van der Waals surface area contributed by atoms with Crippen molar-refractivity contribution in [3.8, 4) is 0 Å². The summed E-state index contributed by atoms with van der Waals surface area (Å²) in [7, 11) is 0. The Morgan fingerprint density at radius 1 is 1.10 bits per heavy atom. The first-order valence-electron chi connectivity index (χ1n) is 9.20. The Kier molecular flexibility index (Phi) is 6.66. The molecular formula is C20H20ClN3O5. The first-order chi connectivity index (χ1) is 13.9. The Morgan fingerprint density at radius 2 is 1.79 bits per heavy atom. The van der Waals surface area contributed by atoms with E-state index in [0.717, 1.165) is 24.8 Å². The average molecular weight is 418 g/mol. The molecule has 3 rings (SSSR count). The monoisotopic (exact) mass is 417 g/mol. The fourth-order valence-corrected chi connectivity index (χ4v) is 3.29. The van der Waals surface area contributed by atoms with Gasteiger partial charge in [-0.25, -0.2) is 4.79 Å². The number of hydrogen-bond acceptors (Lipinski definition) is 6. The fraction of sp³-hybridized carbons (Fsp3) is 0.300. The Balaban J connectivity index is 1.52. The Morgan fingerprint density at radius 3 is 2.45 bits per heavy atom. The number of rotatable bonds is 6. The van der Waals surface area contributed by atoms with E-state index in [9.17, 15) is 19.7 Å². The molecule has 8 nitrogen and oxygen atoms in total. The second kappa shape index (κ2) is 9.38. The van der Waals surface area contributed by atoms with E-state index in [0.29, 0.717) is 5.69 Å². The van der Waals surface area contributed by atoms with Gasteiger partial charge in [-0.2, -0.15) is 0 Å². The number of nitrogens with one attached hydrogen (secondary N) is 1. The van der Waals surface area contributed by atoms with Crippen molar-refractivity contribution >= 4 is 40.5 Å². The molecule has 2 aromatic rings. The molecule has 0 radical (unpaired) electrons. The normalized spacial score (nSPS) is 13.6. The van der Waals surface area contributed by atoms with Crippen molar-refractivity contribution in [2.45, 2.75) is 19.3 Å². The smallest absolute Gasteiger partial charge is 0.338 e. The molecule has 1 aliphatic rings. The molecule has 1 heterocycles. The van der Waals surface area contributed by atoms with Crippen LogP contribution in [-0.2, 0) is 9.53 Å². The molecule has 0 unspecified atom stereocenters. The quantitative estimate of drug-likeness (QED) is 0.432. The maximum Gasteiger partial charge on any atom is 0.338 e. The van der Waals surface area contributed by atoms with Crippen LogP contribution in [0.2, 0.25) is 5.02 Å². The van der Waals surface area contributed by atoms with Crippen LogP contribution in [0.1, 0.15) is 29.6 Å². The molecule has 1 N–H and O–H groups in total. The number of carbonyl (C=O) groups is 2. The fourth-order valence-electron chi connectivity index (χ4n) is 3.10. The van der Waals surface area contributed by atoms with Crippen LogP contribution >= 0.6 is 11.6 Å². The summed E-state index contributed by atoms with van der Waals surface area (Å²) in [5.74, 6) is -1.35. The van der Waals surface area contributed by atoms with Gasteiger partial charge in [-0.05, 0) is 55.7 Å². The van der Waals surface area contributed by atoms with E-state index < -0.39 is 29.1 Å². The highest BCUT2D eigenvalue weighted by molar-refractivity contribution is 6.32. The minimum atomic E-state index is -0.847. The summed E-state index contributed by atoms with van der Waals surface area (Å²) < 4.78 is 4.93. The van der Waals surface area contributed by atoms with Gasteiger partial charge in [0.1, 0.15) is 5.02 Å². The lowest BCUT2D eigenvalue weighted by Crippen LogP contribution is -2.29. The van der Waals surface area contributed by atoms with Crippen molar-refractivity contribution in [2.75, 3.05) is 29.9 Å². The molecule has 1 aliphatic heterocycles. The van der Waals surface area contributed by atoms with Gasteiger partial charge >= 0.3 is 5.97 Å². The summed E-state index contributed by atoms with van der Waals surface area (Å²) in [5.41, 5.74) is 1.24. The third-order valence-electron chi connectivity index (χ3n) is 4.59. The summed E-state index contributed by atoms with van der Waals surface area (Å²) in [6.45, 7) is 1.55. The van der Waals surface area contributed by atoms with Gasteiger partial charge in [0.25, 0.3) is 11.6 Å². The first kappa shape index (κ1) is 20.6. The van der Waals surface area contributed by atoms with Crippen molar-refractivity contribution < 1.29 is 19.2 Å². The van der Waals surface area contributed by atoms with Crippen LogP contribution < -0.4 is 10.2 Å². The molecule has 0 aliphatic carbocycles. The molecule has 0 atom stereocenters. The third kappa shape index (κ3) is 5.45. The second-order valence-corrected chi connectivity index (χ2v) is 7.05. The number of anilines is 2. The summed E-state index contributed by atoms with van der Waals surface area (Å²) in [5, 5.41) is 13.5. The highest BCUT2D eigenvalue weighted by atomic mass is 35.5. The average Bonchev–Trinajstić information content (AvgIpc) is 2.73. The zero-order chi connectivity index (χ0) is 20.8. The molecule has 0 bridgehead atoms. The minimum absolute atomic E-state index is 0.0558. The van der Waals surface area contributed by atoms with Crippen molar-refractivity contribution in [2.24, 2.45) is 0 Å². The Bertz CT molecular complexity index is 911. The zero-order valence-electron chi connectivity index (χ0n) is 15.6. The van der Waals surface area contributed by atoms with Gasteiger partial charge in [0.2, 0.25) is 0 Å². The number of carbonyl (C=O) groups excluding carboxylic acids is 2. The van der Waals surface area contributed by atoms with Crippen LogP contribution in [0.15, 0.2) is 42.5 Å². The number of halogens is 1. The summed E-state index contributed by atoms with van der Waals surface area (Å²) >= 11 is 5.71. The first-order valence-corrected chi connectivity index (χ1v) is 9.58. The van der Waals surface area contributed by atoms with Crippen LogP contribution in [0, 0.1) is 10.1 Å². The molecule has 0 spiro atoms. The van der Waals surface area contributed by atoms with Crippen LogP contribution in [0.25, 0.3) is 0 Å². The lowest BCUT2D eigenvalue weighted by molar-refractivity contribution is -0.384. The highest BCUT2D eigenvalue weighted by Crippen LogP contribution is 2.25. The number of benzene rings is 2. The van der Waals surface area contributed by atoms with Gasteiger partial charge in [0.15, 0.2) is 6.61 Å². The van der Waals surface area contributed by atoms with Crippen LogP contribution in [-0.4, -0.2) is 36.5 Å². The summed E-state index contributed by atoms with van der Waals surface area (Å²) in [4.78, 5) is 36.6. The molecule has 1 saturated heterocycles. The van der Waals surface area contributed by atoms with E-state index in [2.05, 4.69) is 10.2 Å².